The Kier molecular flexibility index (Phi) is 4.15. The van der Waals surface area contributed by atoms with Gasteiger partial charge >= 0.3 is 0 Å². The molecule has 5 nitrogen and oxygen atoms in total. The van der Waals surface area contributed by atoms with Crippen LogP contribution in [0.2, 0.25) is 0 Å². The van der Waals surface area contributed by atoms with Gasteiger partial charge in [0.2, 0.25) is 11.9 Å². The van der Waals surface area contributed by atoms with Gasteiger partial charge in [-0.2, -0.15) is 0 Å². The maximum Gasteiger partial charge on any atom is 0.225 e. The van der Waals surface area contributed by atoms with E-state index in [9.17, 15) is 4.79 Å². The Morgan fingerprint density at radius 2 is 1.92 bits per heavy atom. The first-order chi connectivity index (χ1) is 12.1. The molecule has 2 aliphatic rings. The summed E-state index contributed by atoms with van der Waals surface area (Å²) in [5, 5.41) is 3.36. The van der Waals surface area contributed by atoms with Crippen molar-refractivity contribution in [2.75, 3.05) is 11.9 Å². The van der Waals surface area contributed by atoms with Crippen molar-refractivity contribution >= 4 is 11.9 Å². The molecular formula is C20H24N4O. The Bertz CT molecular complexity index is 779. The Morgan fingerprint density at radius 1 is 1.20 bits per heavy atom. The van der Waals surface area contributed by atoms with Crippen LogP contribution >= 0.6 is 0 Å². The number of carbonyl (C=O) groups excluding carboxylic acids is 1. The molecule has 130 valence electrons. The predicted octanol–water partition coefficient (Wildman–Crippen LogP) is 2.53. The van der Waals surface area contributed by atoms with E-state index in [-0.39, 0.29) is 11.9 Å². The summed E-state index contributed by atoms with van der Waals surface area (Å²) in [6.07, 6.45) is 5.20. The highest BCUT2D eigenvalue weighted by Crippen LogP contribution is 2.28. The summed E-state index contributed by atoms with van der Waals surface area (Å²) in [6, 6.07) is 8.90. The van der Waals surface area contributed by atoms with Crippen LogP contribution in [0.4, 0.5) is 5.95 Å². The quantitative estimate of drug-likeness (QED) is 0.932. The number of benzene rings is 1. The Morgan fingerprint density at radius 3 is 2.60 bits per heavy atom. The summed E-state index contributed by atoms with van der Waals surface area (Å²) < 4.78 is 0. The molecule has 25 heavy (non-hydrogen) atoms. The number of aromatic nitrogens is 2. The van der Waals surface area contributed by atoms with Gasteiger partial charge in [0, 0.05) is 30.9 Å². The molecule has 1 atom stereocenters. The van der Waals surface area contributed by atoms with E-state index in [4.69, 9.17) is 0 Å². The molecule has 0 spiro atoms. The van der Waals surface area contributed by atoms with E-state index in [0.717, 1.165) is 37.1 Å². The summed E-state index contributed by atoms with van der Waals surface area (Å²) in [6.45, 7) is 4.86. The van der Waals surface area contributed by atoms with E-state index in [2.05, 4.69) is 46.5 Å². The third-order valence-corrected chi connectivity index (χ3v) is 5.37. The van der Waals surface area contributed by atoms with Gasteiger partial charge in [0.1, 0.15) is 0 Å². The van der Waals surface area contributed by atoms with E-state index in [1.807, 2.05) is 18.0 Å². The average Bonchev–Trinajstić information content (AvgIpc) is 3.19. The highest BCUT2D eigenvalue weighted by atomic mass is 16.2. The molecule has 1 fully saturated rings. The van der Waals surface area contributed by atoms with Crippen LogP contribution in [0, 0.1) is 6.92 Å². The number of carbonyl (C=O) groups is 1. The van der Waals surface area contributed by atoms with Crippen molar-refractivity contribution in [2.24, 2.45) is 0 Å². The fraction of sp³-hybridized carbons (Fsp3) is 0.450. The fourth-order valence-corrected chi connectivity index (χ4v) is 4.02. The SMILES string of the molecule is CCc1nc(N[C@@H]2CC(=O)N(C3Cc4ccccc4C3)C2)ncc1C. The summed E-state index contributed by atoms with van der Waals surface area (Å²) in [7, 11) is 0. The van der Waals surface area contributed by atoms with Crippen molar-refractivity contribution in [2.45, 2.75) is 51.6 Å². The molecular weight excluding hydrogens is 312 g/mol. The first-order valence-electron chi connectivity index (χ1n) is 9.09. The number of hydrogen-bond acceptors (Lipinski definition) is 4. The number of likely N-dealkylation sites (tertiary alicyclic amines) is 1. The fourth-order valence-electron chi connectivity index (χ4n) is 4.02. The Labute approximate surface area is 148 Å². The van der Waals surface area contributed by atoms with Gasteiger partial charge in [-0.05, 0) is 42.9 Å². The maximum atomic E-state index is 12.5. The van der Waals surface area contributed by atoms with Crippen LogP contribution in [0.5, 0.6) is 0 Å². The molecule has 5 heteroatoms. The largest absolute Gasteiger partial charge is 0.349 e. The van der Waals surface area contributed by atoms with E-state index in [0.29, 0.717) is 18.4 Å². The minimum Gasteiger partial charge on any atom is -0.349 e. The topological polar surface area (TPSA) is 58.1 Å². The van der Waals surface area contributed by atoms with Crippen molar-refractivity contribution in [3.63, 3.8) is 0 Å². The van der Waals surface area contributed by atoms with Crippen LogP contribution in [0.3, 0.4) is 0 Å². The smallest absolute Gasteiger partial charge is 0.225 e. The van der Waals surface area contributed by atoms with Crippen molar-refractivity contribution in [3.8, 4) is 0 Å². The van der Waals surface area contributed by atoms with E-state index < -0.39 is 0 Å². The number of nitrogens with zero attached hydrogens (tertiary/aromatic N) is 3. The molecule has 4 rings (SSSR count). The van der Waals surface area contributed by atoms with Gasteiger partial charge in [-0.15, -0.1) is 0 Å². The number of aryl methyl sites for hydroxylation is 2. The zero-order chi connectivity index (χ0) is 17.4. The third kappa shape index (κ3) is 3.11. The standard InChI is InChI=1S/C20H24N4O/c1-3-18-13(2)11-21-20(23-18)22-16-10-19(25)24(12-16)17-8-14-6-4-5-7-15(14)9-17/h4-7,11,16-17H,3,8-10,12H2,1-2H3,(H,21,22,23)/t16-/m1/s1. The Balaban J connectivity index is 1.43. The molecule has 2 heterocycles. The van der Waals surface area contributed by atoms with Crippen LogP contribution in [-0.4, -0.2) is 39.4 Å². The van der Waals surface area contributed by atoms with Gasteiger partial charge < -0.3 is 10.2 Å². The zero-order valence-electron chi connectivity index (χ0n) is 14.8. The highest BCUT2D eigenvalue weighted by molar-refractivity contribution is 5.80. The van der Waals surface area contributed by atoms with Gasteiger partial charge in [-0.1, -0.05) is 31.2 Å². The first kappa shape index (κ1) is 16.1. The van der Waals surface area contributed by atoms with Crippen LogP contribution in [0.1, 0.15) is 35.7 Å². The lowest BCUT2D eigenvalue weighted by atomic mass is 10.1. The Hall–Kier alpha value is -2.43. The van der Waals surface area contributed by atoms with Crippen molar-refractivity contribution < 1.29 is 4.79 Å². The van der Waals surface area contributed by atoms with Gasteiger partial charge in [-0.25, -0.2) is 9.97 Å². The number of anilines is 1. The molecule has 1 saturated heterocycles. The van der Waals surface area contributed by atoms with Crippen LogP contribution in [0.25, 0.3) is 0 Å². The molecule has 0 saturated carbocycles. The minimum absolute atomic E-state index is 0.0867. The van der Waals surface area contributed by atoms with Crippen molar-refractivity contribution in [3.05, 3.63) is 52.8 Å². The molecule has 1 aromatic carbocycles. The highest BCUT2D eigenvalue weighted by Gasteiger charge is 2.37. The second-order valence-corrected chi connectivity index (χ2v) is 7.10. The lowest BCUT2D eigenvalue weighted by Crippen LogP contribution is -2.38. The number of fused-ring (bicyclic) bond motifs is 1. The molecule has 0 unspecified atom stereocenters. The summed E-state index contributed by atoms with van der Waals surface area (Å²) >= 11 is 0. The minimum atomic E-state index is 0.0867. The van der Waals surface area contributed by atoms with Crippen LogP contribution < -0.4 is 5.32 Å². The molecule has 0 radical (unpaired) electrons. The first-order valence-corrected chi connectivity index (χ1v) is 9.09. The number of rotatable bonds is 4. The maximum absolute atomic E-state index is 12.5. The lowest BCUT2D eigenvalue weighted by Gasteiger charge is -2.24. The summed E-state index contributed by atoms with van der Waals surface area (Å²) in [4.78, 5) is 23.5. The number of nitrogens with one attached hydrogen (secondary N) is 1. The zero-order valence-corrected chi connectivity index (χ0v) is 14.8. The van der Waals surface area contributed by atoms with Gasteiger partial charge in [-0.3, -0.25) is 4.79 Å². The molecule has 2 aromatic rings. The molecule has 1 aliphatic carbocycles. The molecule has 1 N–H and O–H groups in total. The summed E-state index contributed by atoms with van der Waals surface area (Å²) in [5.41, 5.74) is 4.93. The van der Waals surface area contributed by atoms with E-state index in [1.54, 1.807) is 0 Å². The third-order valence-electron chi connectivity index (χ3n) is 5.37. The van der Waals surface area contributed by atoms with Gasteiger partial charge in [0.25, 0.3) is 0 Å². The molecule has 1 amide bonds. The summed E-state index contributed by atoms with van der Waals surface area (Å²) in [5.74, 6) is 0.870. The van der Waals surface area contributed by atoms with Gasteiger partial charge in [0.15, 0.2) is 0 Å². The molecule has 1 aliphatic heterocycles. The lowest BCUT2D eigenvalue weighted by molar-refractivity contribution is -0.129. The normalized spacial score (nSPS) is 20.2. The predicted molar refractivity (Wildman–Crippen MR) is 97.5 cm³/mol. The van der Waals surface area contributed by atoms with Crippen molar-refractivity contribution in [1.29, 1.82) is 0 Å². The number of amides is 1. The van der Waals surface area contributed by atoms with E-state index in [1.165, 1.54) is 11.1 Å². The monoisotopic (exact) mass is 336 g/mol. The molecule has 0 bridgehead atoms. The second-order valence-electron chi connectivity index (χ2n) is 7.10. The average molecular weight is 336 g/mol. The van der Waals surface area contributed by atoms with E-state index >= 15 is 0 Å². The van der Waals surface area contributed by atoms with Crippen LogP contribution in [0.15, 0.2) is 30.5 Å². The van der Waals surface area contributed by atoms with Crippen molar-refractivity contribution in [1.82, 2.24) is 14.9 Å². The van der Waals surface area contributed by atoms with Gasteiger partial charge in [0.05, 0.1) is 6.04 Å². The molecule has 1 aromatic heterocycles. The van der Waals surface area contributed by atoms with Crippen LogP contribution in [-0.2, 0) is 24.1 Å². The number of hydrogen-bond donors (Lipinski definition) is 1. The second kappa shape index (κ2) is 6.47.